The third-order valence-electron chi connectivity index (χ3n) is 3.15. The summed E-state index contributed by atoms with van der Waals surface area (Å²) in [5.41, 5.74) is 0.851. The van der Waals surface area contributed by atoms with Crippen molar-refractivity contribution in [1.29, 1.82) is 0 Å². The molecule has 1 saturated heterocycles. The highest BCUT2D eigenvalue weighted by Crippen LogP contribution is 2.37. The number of carbonyl (C=O) groups is 1. The predicted molar refractivity (Wildman–Crippen MR) is 101 cm³/mol. The molecule has 2 aromatic rings. The van der Waals surface area contributed by atoms with Gasteiger partial charge in [-0.05, 0) is 42.5 Å². The van der Waals surface area contributed by atoms with Crippen molar-refractivity contribution in [2.45, 2.75) is 0 Å². The molecule has 23 heavy (non-hydrogen) atoms. The third kappa shape index (κ3) is 3.35. The second kappa shape index (κ2) is 6.73. The van der Waals surface area contributed by atoms with Crippen molar-refractivity contribution in [3.05, 3.63) is 68.2 Å². The Labute approximate surface area is 155 Å². The maximum Gasteiger partial charge on any atom is 0.270 e. The average molecular weight is 429 g/mol. The van der Waals surface area contributed by atoms with Crippen molar-refractivity contribution >= 4 is 73.5 Å². The smallest absolute Gasteiger partial charge is 0.268 e. The summed E-state index contributed by atoms with van der Waals surface area (Å²) in [6, 6.07) is 11.6. The van der Waals surface area contributed by atoms with E-state index >= 15 is 0 Å². The first-order valence-corrected chi connectivity index (χ1v) is 8.84. The van der Waals surface area contributed by atoms with Crippen molar-refractivity contribution in [3.8, 4) is 0 Å². The van der Waals surface area contributed by atoms with Gasteiger partial charge in [-0.15, -0.1) is 0 Å². The number of thiocarbonyl (C=S) groups is 1. The van der Waals surface area contributed by atoms with Crippen molar-refractivity contribution in [2.75, 3.05) is 4.90 Å². The molecule has 0 bridgehead atoms. The molecule has 0 aromatic heterocycles. The lowest BCUT2D eigenvalue weighted by Crippen LogP contribution is -2.27. The van der Waals surface area contributed by atoms with E-state index in [2.05, 4.69) is 15.9 Å². The maximum absolute atomic E-state index is 13.9. The summed E-state index contributed by atoms with van der Waals surface area (Å²) in [7, 11) is 0. The van der Waals surface area contributed by atoms with Crippen LogP contribution in [0.2, 0.25) is 5.02 Å². The number of halogens is 3. The van der Waals surface area contributed by atoms with Crippen LogP contribution in [-0.2, 0) is 4.79 Å². The van der Waals surface area contributed by atoms with Crippen molar-refractivity contribution in [2.24, 2.45) is 0 Å². The normalized spacial score (nSPS) is 16.5. The van der Waals surface area contributed by atoms with Gasteiger partial charge in [0.1, 0.15) is 5.82 Å². The molecule has 1 amide bonds. The van der Waals surface area contributed by atoms with E-state index in [1.165, 1.54) is 23.1 Å². The summed E-state index contributed by atoms with van der Waals surface area (Å²) >= 11 is 15.8. The number of rotatable bonds is 2. The van der Waals surface area contributed by atoms with E-state index in [9.17, 15) is 9.18 Å². The molecule has 7 heteroatoms. The molecule has 1 heterocycles. The number of thioether (sulfide) groups is 1. The first-order valence-electron chi connectivity index (χ1n) is 6.45. The minimum atomic E-state index is -0.480. The number of amides is 1. The predicted octanol–water partition coefficient (Wildman–Crippen LogP) is 5.65. The topological polar surface area (TPSA) is 20.3 Å². The maximum atomic E-state index is 13.9. The second-order valence-electron chi connectivity index (χ2n) is 4.63. The van der Waals surface area contributed by atoms with Gasteiger partial charge in [0.05, 0.1) is 15.6 Å². The molecule has 0 saturated carbocycles. The van der Waals surface area contributed by atoms with E-state index in [4.69, 9.17) is 23.8 Å². The van der Waals surface area contributed by atoms with E-state index in [0.717, 1.165) is 16.2 Å². The molecule has 0 N–H and O–H groups in total. The molecule has 2 nitrogen and oxygen atoms in total. The van der Waals surface area contributed by atoms with Crippen molar-refractivity contribution < 1.29 is 9.18 Å². The van der Waals surface area contributed by atoms with Crippen LogP contribution in [0.5, 0.6) is 0 Å². The monoisotopic (exact) mass is 427 g/mol. The van der Waals surface area contributed by atoms with Gasteiger partial charge in [0.15, 0.2) is 4.32 Å². The molecule has 1 aliphatic heterocycles. The first-order chi connectivity index (χ1) is 11.0. The van der Waals surface area contributed by atoms with Gasteiger partial charge in [0.25, 0.3) is 5.91 Å². The van der Waals surface area contributed by atoms with E-state index < -0.39 is 5.82 Å². The van der Waals surface area contributed by atoms with Gasteiger partial charge in [-0.1, -0.05) is 57.6 Å². The fourth-order valence-corrected chi connectivity index (χ4v) is 3.82. The summed E-state index contributed by atoms with van der Waals surface area (Å²) in [5, 5.41) is 0.249. The lowest BCUT2D eigenvalue weighted by atomic mass is 10.2. The molecular weight excluding hydrogens is 421 g/mol. The Morgan fingerprint density at radius 1 is 1.22 bits per heavy atom. The lowest BCUT2D eigenvalue weighted by Gasteiger charge is -2.14. The molecule has 0 spiro atoms. The Morgan fingerprint density at radius 3 is 2.57 bits per heavy atom. The largest absolute Gasteiger partial charge is 0.270 e. The number of carbonyl (C=O) groups excluding carboxylic acids is 1. The molecule has 0 atom stereocenters. The van der Waals surface area contributed by atoms with Gasteiger partial charge in [-0.3, -0.25) is 9.69 Å². The summed E-state index contributed by atoms with van der Waals surface area (Å²) in [5.74, 6) is -0.770. The second-order valence-corrected chi connectivity index (χ2v) is 7.63. The molecule has 116 valence electrons. The molecule has 0 aliphatic carbocycles. The number of anilines is 1. The van der Waals surface area contributed by atoms with Crippen molar-refractivity contribution in [3.63, 3.8) is 0 Å². The Hall–Kier alpha value is -1.21. The molecule has 2 aromatic carbocycles. The molecule has 3 rings (SSSR count). The molecule has 0 unspecified atom stereocenters. The van der Waals surface area contributed by atoms with Crippen LogP contribution in [0.25, 0.3) is 6.08 Å². The summed E-state index contributed by atoms with van der Waals surface area (Å²) in [6.45, 7) is 0. The Bertz CT molecular complexity index is 818. The number of hydrogen-bond donors (Lipinski definition) is 0. The standard InChI is InChI=1S/C16H8BrClFNOS2/c17-9-4-6-10(7-5-9)20-15(21)14(23-16(20)22)8-11-12(18)2-1-3-13(11)19/h1-8H/b14-8-. The number of benzene rings is 2. The van der Waals surface area contributed by atoms with Crippen LogP contribution in [-0.4, -0.2) is 10.2 Å². The fourth-order valence-electron chi connectivity index (χ4n) is 2.06. The zero-order valence-electron chi connectivity index (χ0n) is 11.4. The highest BCUT2D eigenvalue weighted by Gasteiger charge is 2.33. The SMILES string of the molecule is O=C1/C(=C/c2c(F)cccc2Cl)SC(=S)N1c1ccc(Br)cc1. The number of hydrogen-bond acceptors (Lipinski definition) is 3. The van der Waals surface area contributed by atoms with E-state index in [-0.39, 0.29) is 16.5 Å². The van der Waals surface area contributed by atoms with Gasteiger partial charge < -0.3 is 0 Å². The minimum Gasteiger partial charge on any atom is -0.268 e. The summed E-state index contributed by atoms with van der Waals surface area (Å²) in [4.78, 5) is 14.4. The van der Waals surface area contributed by atoms with Gasteiger partial charge in [0.2, 0.25) is 0 Å². The van der Waals surface area contributed by atoms with Crippen LogP contribution >= 0.6 is 51.5 Å². The van der Waals surface area contributed by atoms with E-state index in [1.807, 2.05) is 12.1 Å². The fraction of sp³-hybridized carbons (Fsp3) is 0. The average Bonchev–Trinajstić information content (AvgIpc) is 2.79. The molecule has 1 fully saturated rings. The van der Waals surface area contributed by atoms with E-state index in [1.54, 1.807) is 18.2 Å². The van der Waals surface area contributed by atoms with Crippen LogP contribution in [0.1, 0.15) is 5.56 Å². The highest BCUT2D eigenvalue weighted by atomic mass is 79.9. The van der Waals surface area contributed by atoms with Crippen LogP contribution in [0.3, 0.4) is 0 Å². The van der Waals surface area contributed by atoms with Crippen LogP contribution in [0.4, 0.5) is 10.1 Å². The Balaban J connectivity index is 1.98. The molecule has 0 radical (unpaired) electrons. The number of nitrogens with zero attached hydrogens (tertiary/aromatic N) is 1. The zero-order valence-corrected chi connectivity index (χ0v) is 15.4. The van der Waals surface area contributed by atoms with Gasteiger partial charge >= 0.3 is 0 Å². The minimum absolute atomic E-state index is 0.186. The summed E-state index contributed by atoms with van der Waals surface area (Å²) in [6.07, 6.45) is 1.44. The molecular formula is C16H8BrClFNOS2. The first kappa shape index (κ1) is 16.6. The van der Waals surface area contributed by atoms with Gasteiger partial charge in [0, 0.05) is 10.0 Å². The van der Waals surface area contributed by atoms with Crippen LogP contribution in [0.15, 0.2) is 51.8 Å². The third-order valence-corrected chi connectivity index (χ3v) is 5.31. The van der Waals surface area contributed by atoms with Gasteiger partial charge in [-0.25, -0.2) is 4.39 Å². The quantitative estimate of drug-likeness (QED) is 0.455. The van der Waals surface area contributed by atoms with Crippen LogP contribution < -0.4 is 4.90 Å². The van der Waals surface area contributed by atoms with E-state index in [0.29, 0.717) is 14.9 Å². The Morgan fingerprint density at radius 2 is 1.91 bits per heavy atom. The lowest BCUT2D eigenvalue weighted by molar-refractivity contribution is -0.113. The Kier molecular flexibility index (Phi) is 4.87. The van der Waals surface area contributed by atoms with Gasteiger partial charge in [-0.2, -0.15) is 0 Å². The molecule has 1 aliphatic rings. The highest BCUT2D eigenvalue weighted by molar-refractivity contribution is 9.10. The zero-order chi connectivity index (χ0) is 16.6. The van der Waals surface area contributed by atoms with Crippen molar-refractivity contribution in [1.82, 2.24) is 0 Å². The van der Waals surface area contributed by atoms with Crippen LogP contribution in [0, 0.1) is 5.82 Å². The summed E-state index contributed by atoms with van der Waals surface area (Å²) < 4.78 is 15.2.